The van der Waals surface area contributed by atoms with Gasteiger partial charge in [-0.1, -0.05) is 55.6 Å². The van der Waals surface area contributed by atoms with Gasteiger partial charge >= 0.3 is 5.54 Å². The van der Waals surface area contributed by atoms with Crippen LogP contribution >= 0.6 is 22.9 Å². The summed E-state index contributed by atoms with van der Waals surface area (Å²) in [7, 11) is -1.58. The second-order valence-electron chi connectivity index (χ2n) is 5.77. The molecule has 1 atom stereocenters. The van der Waals surface area contributed by atoms with Gasteiger partial charge in [-0.3, -0.25) is 0 Å². The Morgan fingerprint density at radius 3 is 2.24 bits per heavy atom. The molecule has 0 nitrogen and oxygen atoms in total. The molecule has 1 aliphatic rings. The van der Waals surface area contributed by atoms with E-state index >= 15 is 0 Å². The lowest BCUT2D eigenvalue weighted by molar-refractivity contribution is 0.963. The minimum Gasteiger partial charge on any atom is -0.170 e. The summed E-state index contributed by atoms with van der Waals surface area (Å²) in [4.78, 5) is -0.146. The molecule has 0 heterocycles. The van der Waals surface area contributed by atoms with E-state index in [1.165, 1.54) is 16.7 Å². The average molecular weight is 283 g/mol. The predicted octanol–water partition coefficient (Wildman–Crippen LogP) is 4.72. The third kappa shape index (κ3) is 1.73. The summed E-state index contributed by atoms with van der Waals surface area (Å²) in [5, 5.41) is 0. The van der Waals surface area contributed by atoms with Crippen molar-refractivity contribution in [2.45, 2.75) is 31.5 Å². The molecule has 0 aromatic heterocycles. The van der Waals surface area contributed by atoms with E-state index in [2.05, 4.69) is 56.9 Å². The Bertz CT molecular complexity index is 477. The molecule has 90 valence electrons. The SMILES string of the molecule is CC1=Cc2ccccc2C1(B(Cl)Cl)[Si](C)(C)C. The van der Waals surface area contributed by atoms with Crippen molar-refractivity contribution in [2.24, 2.45) is 0 Å². The first-order valence-electron chi connectivity index (χ1n) is 5.88. The summed E-state index contributed by atoms with van der Waals surface area (Å²) in [6, 6.07) is 8.48. The summed E-state index contributed by atoms with van der Waals surface area (Å²) in [5.74, 6) is 0. The van der Waals surface area contributed by atoms with E-state index in [0.717, 1.165) is 0 Å². The molecular formula is C13H17BCl2Si. The van der Waals surface area contributed by atoms with E-state index in [-0.39, 0.29) is 10.5 Å². The highest BCUT2D eigenvalue weighted by atomic mass is 35.5. The van der Waals surface area contributed by atoms with Gasteiger partial charge in [0.15, 0.2) is 0 Å². The Hall–Kier alpha value is -0.178. The molecule has 0 radical (unpaired) electrons. The third-order valence-corrected chi connectivity index (χ3v) is 8.23. The first kappa shape index (κ1) is 13.3. The highest BCUT2D eigenvalue weighted by molar-refractivity contribution is 7.38. The number of allylic oxidation sites excluding steroid dienone is 1. The summed E-state index contributed by atoms with van der Waals surface area (Å²) in [6.45, 7) is 9.18. The van der Waals surface area contributed by atoms with E-state index in [0.29, 0.717) is 0 Å². The largest absolute Gasteiger partial charge is 0.363 e. The van der Waals surface area contributed by atoms with Crippen molar-refractivity contribution in [1.82, 2.24) is 0 Å². The van der Waals surface area contributed by atoms with Crippen LogP contribution in [0.3, 0.4) is 0 Å². The minimum absolute atomic E-state index is 0.146. The number of halogens is 2. The maximum atomic E-state index is 6.41. The molecule has 1 aromatic carbocycles. The van der Waals surface area contributed by atoms with Gasteiger partial charge in [-0.2, -0.15) is 22.9 Å². The molecule has 17 heavy (non-hydrogen) atoms. The van der Waals surface area contributed by atoms with Gasteiger partial charge in [0.25, 0.3) is 0 Å². The lowest BCUT2D eigenvalue weighted by Crippen LogP contribution is -2.56. The molecule has 1 aliphatic carbocycles. The van der Waals surface area contributed by atoms with E-state index in [1.807, 2.05) is 0 Å². The molecule has 1 aromatic rings. The molecule has 0 N–H and O–H groups in total. The van der Waals surface area contributed by atoms with Crippen molar-refractivity contribution in [3.8, 4) is 0 Å². The van der Waals surface area contributed by atoms with Crippen LogP contribution in [0.2, 0.25) is 19.6 Å². The van der Waals surface area contributed by atoms with Crippen molar-refractivity contribution < 1.29 is 0 Å². The topological polar surface area (TPSA) is 0 Å². The van der Waals surface area contributed by atoms with Crippen LogP contribution in [0.5, 0.6) is 0 Å². The summed E-state index contributed by atoms with van der Waals surface area (Å²) in [5.41, 5.74) is 3.52. The van der Waals surface area contributed by atoms with E-state index in [1.54, 1.807) is 0 Å². The van der Waals surface area contributed by atoms with Gasteiger partial charge in [-0.05, 0) is 18.1 Å². The lowest BCUT2D eigenvalue weighted by atomic mass is 9.74. The Balaban J connectivity index is 2.75. The molecule has 0 amide bonds. The Kier molecular flexibility index (Phi) is 3.26. The van der Waals surface area contributed by atoms with Crippen LogP contribution in [-0.4, -0.2) is 13.6 Å². The highest BCUT2D eigenvalue weighted by Crippen LogP contribution is 2.51. The van der Waals surface area contributed by atoms with Crippen molar-refractivity contribution in [3.63, 3.8) is 0 Å². The molecule has 1 unspecified atom stereocenters. The van der Waals surface area contributed by atoms with Crippen LogP contribution < -0.4 is 0 Å². The van der Waals surface area contributed by atoms with Gasteiger partial charge in [0.1, 0.15) is 0 Å². The number of benzene rings is 1. The molecule has 0 bridgehead atoms. The number of rotatable bonds is 2. The average Bonchev–Trinajstić information content (AvgIpc) is 2.49. The molecular weight excluding hydrogens is 266 g/mol. The van der Waals surface area contributed by atoms with Crippen LogP contribution in [0, 0.1) is 0 Å². The quantitative estimate of drug-likeness (QED) is 0.689. The van der Waals surface area contributed by atoms with Crippen LogP contribution in [0.4, 0.5) is 0 Å². The van der Waals surface area contributed by atoms with Crippen LogP contribution in [0.15, 0.2) is 29.8 Å². The van der Waals surface area contributed by atoms with Crippen LogP contribution in [0.1, 0.15) is 18.1 Å². The second-order valence-corrected chi connectivity index (χ2v) is 12.2. The lowest BCUT2D eigenvalue weighted by Gasteiger charge is -2.43. The zero-order chi connectivity index (χ0) is 12.8. The molecule has 2 rings (SSSR count). The van der Waals surface area contributed by atoms with Crippen molar-refractivity contribution >= 4 is 42.6 Å². The maximum absolute atomic E-state index is 6.41. The van der Waals surface area contributed by atoms with Gasteiger partial charge in [0.05, 0.1) is 8.07 Å². The van der Waals surface area contributed by atoms with Gasteiger partial charge in [-0.25, -0.2) is 0 Å². The van der Waals surface area contributed by atoms with Gasteiger partial charge < -0.3 is 0 Å². The predicted molar refractivity (Wildman–Crippen MR) is 82.6 cm³/mol. The molecule has 0 saturated carbocycles. The summed E-state index contributed by atoms with van der Waals surface area (Å²) < 4.78 is 0. The molecule has 0 spiro atoms. The van der Waals surface area contributed by atoms with E-state index in [9.17, 15) is 0 Å². The smallest absolute Gasteiger partial charge is 0.170 e. The maximum Gasteiger partial charge on any atom is 0.363 e. The first-order chi connectivity index (χ1) is 7.81. The van der Waals surface area contributed by atoms with E-state index < -0.39 is 8.07 Å². The van der Waals surface area contributed by atoms with Gasteiger partial charge in [0, 0.05) is 4.94 Å². The number of hydrogen-bond donors (Lipinski definition) is 0. The Labute approximate surface area is 115 Å². The minimum atomic E-state index is -1.58. The molecule has 0 saturated heterocycles. The number of hydrogen-bond acceptors (Lipinski definition) is 0. The number of fused-ring (bicyclic) bond motifs is 1. The highest BCUT2D eigenvalue weighted by Gasteiger charge is 2.55. The Morgan fingerprint density at radius 2 is 1.71 bits per heavy atom. The summed E-state index contributed by atoms with van der Waals surface area (Å²) in [6.07, 6.45) is 2.24. The van der Waals surface area contributed by atoms with Crippen molar-refractivity contribution in [3.05, 3.63) is 41.0 Å². The molecule has 0 fully saturated rings. The standard InChI is InChI=1S/C13H17BCl2Si/c1-10-9-11-7-5-6-8-12(11)13(10,14(15)16)17(2,3)4/h5-9H,1-4H3. The van der Waals surface area contributed by atoms with Gasteiger partial charge in [0.2, 0.25) is 0 Å². The fourth-order valence-electron chi connectivity index (χ4n) is 3.15. The van der Waals surface area contributed by atoms with Crippen molar-refractivity contribution in [1.29, 1.82) is 0 Å². The van der Waals surface area contributed by atoms with Crippen molar-refractivity contribution in [2.75, 3.05) is 0 Å². The first-order valence-corrected chi connectivity index (χ1v) is 10.3. The summed E-state index contributed by atoms with van der Waals surface area (Å²) >= 11 is 12.8. The zero-order valence-electron chi connectivity index (χ0n) is 10.7. The second kappa shape index (κ2) is 4.18. The van der Waals surface area contributed by atoms with Crippen LogP contribution in [-0.2, 0) is 4.94 Å². The zero-order valence-corrected chi connectivity index (χ0v) is 13.2. The molecule has 0 aliphatic heterocycles. The fourth-order valence-corrected chi connectivity index (χ4v) is 8.64. The molecule has 4 heteroatoms. The Morgan fingerprint density at radius 1 is 1.12 bits per heavy atom. The van der Waals surface area contributed by atoms with Gasteiger partial charge in [-0.15, -0.1) is 0 Å². The third-order valence-electron chi connectivity index (χ3n) is 3.89. The van der Waals surface area contributed by atoms with E-state index in [4.69, 9.17) is 22.9 Å². The normalized spacial score (nSPS) is 23.3. The van der Waals surface area contributed by atoms with Crippen LogP contribution in [0.25, 0.3) is 6.08 Å². The monoisotopic (exact) mass is 282 g/mol. The fraction of sp³-hybridized carbons (Fsp3) is 0.385.